The van der Waals surface area contributed by atoms with Crippen molar-refractivity contribution < 1.29 is 19.1 Å². The van der Waals surface area contributed by atoms with Gasteiger partial charge in [0, 0.05) is 18.9 Å². The van der Waals surface area contributed by atoms with Crippen molar-refractivity contribution in [3.63, 3.8) is 0 Å². The third-order valence-electron chi connectivity index (χ3n) is 2.98. The van der Waals surface area contributed by atoms with Crippen LogP contribution in [0.3, 0.4) is 0 Å². The zero-order valence-electron chi connectivity index (χ0n) is 15.5. The van der Waals surface area contributed by atoms with Gasteiger partial charge >= 0.3 is 5.97 Å². The van der Waals surface area contributed by atoms with Crippen molar-refractivity contribution in [3.8, 4) is 0 Å². The highest BCUT2D eigenvalue weighted by Gasteiger charge is 2.05. The number of nitrogens with zero attached hydrogens (tertiary/aromatic N) is 1. The van der Waals surface area contributed by atoms with Gasteiger partial charge in [-0.3, -0.25) is 9.78 Å². The molecule has 6 heteroatoms. The van der Waals surface area contributed by atoms with E-state index in [-0.39, 0.29) is 18.6 Å². The predicted molar refractivity (Wildman–Crippen MR) is 99.9 cm³/mol. The van der Waals surface area contributed by atoms with Gasteiger partial charge in [-0.2, -0.15) is 0 Å². The Bertz CT molecular complexity index is 649. The fraction of sp³-hybridized carbons (Fsp3) is 0.350. The molecule has 0 saturated heterocycles. The zero-order valence-corrected chi connectivity index (χ0v) is 15.5. The Morgan fingerprint density at radius 2 is 2.12 bits per heavy atom. The average Bonchev–Trinajstić information content (AvgIpc) is 2.61. The molecule has 6 nitrogen and oxygen atoms in total. The standard InChI is InChI=1S/C20H26N2O4/c1-16(2)26-20(24)15-25-17(3)9-6-4-5-7-11-19(23)22-14-18-10-8-12-21-13-18/h4,6-13,16H,5,14-15H2,1-3H3,(H,22,23)/b6-4-,11-7+,17-9+. The Hall–Kier alpha value is -2.89. The molecule has 0 aliphatic carbocycles. The molecule has 0 atom stereocenters. The number of aromatic nitrogens is 1. The molecule has 26 heavy (non-hydrogen) atoms. The number of rotatable bonds is 10. The molecule has 140 valence electrons. The minimum Gasteiger partial charge on any atom is -0.487 e. The summed E-state index contributed by atoms with van der Waals surface area (Å²) in [5, 5.41) is 2.78. The highest BCUT2D eigenvalue weighted by Crippen LogP contribution is 1.99. The van der Waals surface area contributed by atoms with Gasteiger partial charge in [0.15, 0.2) is 6.61 Å². The molecule has 0 radical (unpaired) electrons. The van der Waals surface area contributed by atoms with Gasteiger partial charge in [0.25, 0.3) is 0 Å². The van der Waals surface area contributed by atoms with Crippen LogP contribution in [0.4, 0.5) is 0 Å². The molecule has 0 bridgehead atoms. The first kappa shape index (κ1) is 21.2. The molecule has 0 fully saturated rings. The molecule has 1 N–H and O–H groups in total. The van der Waals surface area contributed by atoms with E-state index < -0.39 is 5.97 Å². The van der Waals surface area contributed by atoms with Gasteiger partial charge in [-0.15, -0.1) is 0 Å². The number of nitrogens with one attached hydrogen (secondary N) is 1. The summed E-state index contributed by atoms with van der Waals surface area (Å²) in [6.45, 7) is 5.68. The van der Waals surface area contributed by atoms with Gasteiger partial charge < -0.3 is 14.8 Å². The van der Waals surface area contributed by atoms with E-state index in [1.807, 2.05) is 18.2 Å². The molecule has 1 aromatic heterocycles. The second kappa shape index (κ2) is 12.5. The Balaban J connectivity index is 2.21. The molecule has 0 unspecified atom stereocenters. The number of hydrogen-bond acceptors (Lipinski definition) is 5. The third-order valence-corrected chi connectivity index (χ3v) is 2.98. The van der Waals surface area contributed by atoms with Gasteiger partial charge in [0.2, 0.25) is 5.91 Å². The normalized spacial score (nSPS) is 11.9. The molecule has 0 aliphatic rings. The third kappa shape index (κ3) is 10.8. The van der Waals surface area contributed by atoms with Gasteiger partial charge in [0.05, 0.1) is 11.9 Å². The van der Waals surface area contributed by atoms with Crippen molar-refractivity contribution in [2.75, 3.05) is 6.61 Å². The number of amides is 1. The number of allylic oxidation sites excluding steroid dienone is 5. The van der Waals surface area contributed by atoms with Crippen LogP contribution >= 0.6 is 0 Å². The van der Waals surface area contributed by atoms with Crippen molar-refractivity contribution in [3.05, 3.63) is 66.2 Å². The van der Waals surface area contributed by atoms with Crippen LogP contribution in [0, 0.1) is 0 Å². The molecular formula is C20H26N2O4. The minimum absolute atomic E-state index is 0.106. The van der Waals surface area contributed by atoms with E-state index in [1.54, 1.807) is 51.4 Å². The highest BCUT2D eigenvalue weighted by molar-refractivity contribution is 5.87. The molecule has 1 rings (SSSR count). The van der Waals surface area contributed by atoms with Crippen molar-refractivity contribution in [2.45, 2.75) is 39.8 Å². The molecule has 1 amide bonds. The highest BCUT2D eigenvalue weighted by atomic mass is 16.6. The van der Waals surface area contributed by atoms with Gasteiger partial charge in [-0.1, -0.05) is 24.3 Å². The maximum atomic E-state index is 11.7. The molecule has 1 aromatic rings. The van der Waals surface area contributed by atoms with Crippen LogP contribution in [0.2, 0.25) is 0 Å². The number of hydrogen-bond donors (Lipinski definition) is 1. The van der Waals surface area contributed by atoms with Crippen LogP contribution in [0.15, 0.2) is 60.7 Å². The Morgan fingerprint density at radius 3 is 2.81 bits per heavy atom. The predicted octanol–water partition coefficient (Wildman–Crippen LogP) is 3.07. The van der Waals surface area contributed by atoms with E-state index in [1.165, 1.54) is 6.08 Å². The largest absolute Gasteiger partial charge is 0.487 e. The first-order chi connectivity index (χ1) is 12.5. The van der Waals surface area contributed by atoms with Crippen LogP contribution in [0.25, 0.3) is 0 Å². The summed E-state index contributed by atoms with van der Waals surface area (Å²) in [6, 6.07) is 3.73. The van der Waals surface area contributed by atoms with E-state index >= 15 is 0 Å². The van der Waals surface area contributed by atoms with Gasteiger partial charge in [0.1, 0.15) is 0 Å². The summed E-state index contributed by atoms with van der Waals surface area (Å²) in [6.07, 6.45) is 12.6. The number of pyridine rings is 1. The summed E-state index contributed by atoms with van der Waals surface area (Å²) in [5.74, 6) is 0.0677. The zero-order chi connectivity index (χ0) is 19.2. The summed E-state index contributed by atoms with van der Waals surface area (Å²) in [7, 11) is 0. The van der Waals surface area contributed by atoms with Crippen molar-refractivity contribution >= 4 is 11.9 Å². The van der Waals surface area contributed by atoms with Gasteiger partial charge in [-0.05, 0) is 51.0 Å². The fourth-order valence-electron chi connectivity index (χ4n) is 1.80. The van der Waals surface area contributed by atoms with Crippen LogP contribution in [0.1, 0.15) is 32.8 Å². The molecule has 0 saturated carbocycles. The summed E-state index contributed by atoms with van der Waals surface area (Å²) in [5.41, 5.74) is 0.951. The van der Waals surface area contributed by atoms with Crippen LogP contribution in [-0.4, -0.2) is 29.6 Å². The minimum atomic E-state index is -0.392. The average molecular weight is 358 g/mol. The van der Waals surface area contributed by atoms with E-state index in [9.17, 15) is 9.59 Å². The topological polar surface area (TPSA) is 77.5 Å². The second-order valence-electron chi connectivity index (χ2n) is 5.75. The van der Waals surface area contributed by atoms with E-state index in [0.717, 1.165) is 5.56 Å². The SMILES string of the molecule is C/C(=C\C=C/C/C=C/C(=O)NCc1cccnc1)OCC(=O)OC(C)C. The second-order valence-corrected chi connectivity index (χ2v) is 5.75. The molecule has 0 aliphatic heterocycles. The van der Waals surface area contributed by atoms with E-state index in [0.29, 0.717) is 18.7 Å². The summed E-state index contributed by atoms with van der Waals surface area (Å²) >= 11 is 0. The van der Waals surface area contributed by atoms with Crippen molar-refractivity contribution in [1.82, 2.24) is 10.3 Å². The molecule has 0 aromatic carbocycles. The first-order valence-corrected chi connectivity index (χ1v) is 8.46. The smallest absolute Gasteiger partial charge is 0.344 e. The van der Waals surface area contributed by atoms with Crippen molar-refractivity contribution in [1.29, 1.82) is 0 Å². The quantitative estimate of drug-likeness (QED) is 0.301. The number of carbonyl (C=O) groups is 2. The maximum Gasteiger partial charge on any atom is 0.344 e. The summed E-state index contributed by atoms with van der Waals surface area (Å²) < 4.78 is 10.2. The monoisotopic (exact) mass is 358 g/mol. The van der Waals surface area contributed by atoms with E-state index in [4.69, 9.17) is 9.47 Å². The van der Waals surface area contributed by atoms with Crippen LogP contribution in [-0.2, 0) is 25.6 Å². The number of ether oxygens (including phenoxy) is 2. The molecular weight excluding hydrogens is 332 g/mol. The number of esters is 1. The molecule has 1 heterocycles. The Morgan fingerprint density at radius 1 is 1.31 bits per heavy atom. The lowest BCUT2D eigenvalue weighted by Crippen LogP contribution is -2.20. The Labute approximate surface area is 154 Å². The lowest BCUT2D eigenvalue weighted by atomic mass is 10.3. The molecule has 0 spiro atoms. The first-order valence-electron chi connectivity index (χ1n) is 8.46. The fourth-order valence-corrected chi connectivity index (χ4v) is 1.80. The van der Waals surface area contributed by atoms with Crippen molar-refractivity contribution in [2.24, 2.45) is 0 Å². The lowest BCUT2D eigenvalue weighted by molar-refractivity contribution is -0.151. The lowest BCUT2D eigenvalue weighted by Gasteiger charge is -2.08. The van der Waals surface area contributed by atoms with Gasteiger partial charge in [-0.25, -0.2) is 4.79 Å². The van der Waals surface area contributed by atoms with Crippen LogP contribution < -0.4 is 5.32 Å². The number of carbonyl (C=O) groups excluding carboxylic acids is 2. The van der Waals surface area contributed by atoms with Crippen LogP contribution in [0.5, 0.6) is 0 Å². The maximum absolute atomic E-state index is 11.7. The Kier molecular flexibility index (Phi) is 10.1. The van der Waals surface area contributed by atoms with E-state index in [2.05, 4.69) is 10.3 Å². The summed E-state index contributed by atoms with van der Waals surface area (Å²) in [4.78, 5) is 27.0.